The smallest absolute Gasteiger partial charge is 0.190 e. The maximum Gasteiger partial charge on any atom is 0.190 e. The van der Waals surface area contributed by atoms with Crippen LogP contribution in [0.1, 0.15) is 12.0 Å². The van der Waals surface area contributed by atoms with E-state index in [-0.39, 0.29) is 24.0 Å². The zero-order valence-corrected chi connectivity index (χ0v) is 19.1. The van der Waals surface area contributed by atoms with Crippen LogP contribution in [-0.2, 0) is 6.42 Å². The van der Waals surface area contributed by atoms with Gasteiger partial charge in [-0.1, -0.05) is 24.3 Å². The third kappa shape index (κ3) is 8.24. The highest BCUT2D eigenvalue weighted by molar-refractivity contribution is 14.0. The van der Waals surface area contributed by atoms with Crippen molar-refractivity contribution in [2.45, 2.75) is 12.8 Å². The van der Waals surface area contributed by atoms with Crippen LogP contribution in [0.25, 0.3) is 0 Å². The summed E-state index contributed by atoms with van der Waals surface area (Å²) in [5.41, 5.74) is 1.18. The number of methoxy groups -OCH3 is 2. The highest BCUT2D eigenvalue weighted by atomic mass is 127. The van der Waals surface area contributed by atoms with Gasteiger partial charge in [-0.2, -0.15) is 0 Å². The second-order valence-electron chi connectivity index (χ2n) is 5.87. The molecule has 0 aromatic heterocycles. The van der Waals surface area contributed by atoms with Gasteiger partial charge in [0, 0.05) is 26.2 Å². The second kappa shape index (κ2) is 13.9. The molecule has 2 rings (SSSR count). The van der Waals surface area contributed by atoms with Crippen LogP contribution in [0.15, 0.2) is 53.5 Å². The van der Waals surface area contributed by atoms with Gasteiger partial charge < -0.3 is 24.8 Å². The van der Waals surface area contributed by atoms with Crippen LogP contribution in [0.2, 0.25) is 0 Å². The Bertz CT molecular complexity index is 726. The summed E-state index contributed by atoms with van der Waals surface area (Å²) in [7, 11) is 5.11. The summed E-state index contributed by atoms with van der Waals surface area (Å²) in [5.74, 6) is 3.31. The van der Waals surface area contributed by atoms with Gasteiger partial charge in [0.1, 0.15) is 17.2 Å². The number of hydrogen-bond acceptors (Lipinski definition) is 4. The van der Waals surface area contributed by atoms with E-state index in [1.165, 1.54) is 5.56 Å². The van der Waals surface area contributed by atoms with E-state index in [4.69, 9.17) is 14.2 Å². The van der Waals surface area contributed by atoms with E-state index in [1.807, 2.05) is 42.5 Å². The Labute approximate surface area is 184 Å². The van der Waals surface area contributed by atoms with Gasteiger partial charge in [0.05, 0.1) is 20.8 Å². The molecule has 7 heteroatoms. The van der Waals surface area contributed by atoms with Crippen LogP contribution >= 0.6 is 24.0 Å². The number of nitrogens with zero attached hydrogens (tertiary/aromatic N) is 1. The molecule has 6 nitrogen and oxygen atoms in total. The Morgan fingerprint density at radius 3 is 2.43 bits per heavy atom. The predicted molar refractivity (Wildman–Crippen MR) is 125 cm³/mol. The fourth-order valence-electron chi connectivity index (χ4n) is 2.61. The molecule has 0 aliphatic carbocycles. The van der Waals surface area contributed by atoms with E-state index in [0.717, 1.165) is 49.1 Å². The quantitative estimate of drug-likeness (QED) is 0.227. The maximum atomic E-state index is 5.73. The topological polar surface area (TPSA) is 64.1 Å². The summed E-state index contributed by atoms with van der Waals surface area (Å²) < 4.78 is 16.3. The zero-order valence-electron chi connectivity index (χ0n) is 16.7. The molecule has 0 aliphatic heterocycles. The van der Waals surface area contributed by atoms with E-state index < -0.39 is 0 Å². The van der Waals surface area contributed by atoms with Crippen LogP contribution in [0, 0.1) is 0 Å². The lowest BCUT2D eigenvalue weighted by atomic mass is 10.1. The first-order chi connectivity index (χ1) is 13.3. The number of nitrogens with one attached hydrogen (secondary N) is 2. The Morgan fingerprint density at radius 1 is 0.929 bits per heavy atom. The van der Waals surface area contributed by atoms with Gasteiger partial charge in [-0.15, -0.1) is 24.0 Å². The molecule has 2 N–H and O–H groups in total. The largest absolute Gasteiger partial charge is 0.497 e. The van der Waals surface area contributed by atoms with Gasteiger partial charge >= 0.3 is 0 Å². The van der Waals surface area contributed by atoms with Gasteiger partial charge in [-0.25, -0.2) is 0 Å². The second-order valence-corrected chi connectivity index (χ2v) is 5.87. The van der Waals surface area contributed by atoms with Gasteiger partial charge in [0.2, 0.25) is 0 Å². The summed E-state index contributed by atoms with van der Waals surface area (Å²) in [6.07, 6.45) is 1.73. The average molecular weight is 499 g/mol. The van der Waals surface area contributed by atoms with Crippen molar-refractivity contribution < 1.29 is 14.2 Å². The van der Waals surface area contributed by atoms with Gasteiger partial charge in [-0.3, -0.25) is 4.99 Å². The molecular formula is C21H30IN3O3. The van der Waals surface area contributed by atoms with E-state index >= 15 is 0 Å². The molecule has 2 aromatic rings. The summed E-state index contributed by atoms with van der Waals surface area (Å²) in [6, 6.07) is 15.7. The van der Waals surface area contributed by atoms with Crippen molar-refractivity contribution in [3.05, 3.63) is 54.1 Å². The van der Waals surface area contributed by atoms with Crippen molar-refractivity contribution in [2.24, 2.45) is 4.99 Å². The molecule has 0 heterocycles. The van der Waals surface area contributed by atoms with Crippen molar-refractivity contribution in [3.63, 3.8) is 0 Å². The van der Waals surface area contributed by atoms with Gasteiger partial charge in [0.15, 0.2) is 5.96 Å². The minimum Gasteiger partial charge on any atom is -0.497 e. The molecular weight excluding hydrogens is 469 g/mol. The van der Waals surface area contributed by atoms with Crippen molar-refractivity contribution in [1.29, 1.82) is 0 Å². The molecule has 0 aliphatic rings. The predicted octanol–water partition coefficient (Wildman–Crippen LogP) is 3.50. The minimum atomic E-state index is 0. The van der Waals surface area contributed by atoms with Crippen LogP contribution in [0.4, 0.5) is 0 Å². The Balaban J connectivity index is 0.00000392. The molecule has 0 unspecified atom stereocenters. The lowest BCUT2D eigenvalue weighted by Crippen LogP contribution is -2.39. The molecule has 0 spiro atoms. The van der Waals surface area contributed by atoms with Crippen LogP contribution in [0.5, 0.6) is 17.2 Å². The lowest BCUT2D eigenvalue weighted by Gasteiger charge is -2.13. The molecule has 0 saturated carbocycles. The number of guanidine groups is 1. The normalized spacial score (nSPS) is 10.6. The van der Waals surface area contributed by atoms with E-state index in [0.29, 0.717) is 6.61 Å². The van der Waals surface area contributed by atoms with Crippen molar-refractivity contribution in [3.8, 4) is 17.2 Å². The number of hydrogen-bond donors (Lipinski definition) is 2. The number of halogens is 1. The summed E-state index contributed by atoms with van der Waals surface area (Å²) in [4.78, 5) is 4.25. The number of aliphatic imine (C=N–C) groups is 1. The fourth-order valence-corrected chi connectivity index (χ4v) is 2.61. The van der Waals surface area contributed by atoms with Crippen LogP contribution in [-0.4, -0.2) is 46.9 Å². The minimum absolute atomic E-state index is 0. The number of para-hydroxylation sites is 1. The number of benzene rings is 2. The summed E-state index contributed by atoms with van der Waals surface area (Å²) in [5, 5.41) is 6.61. The SMILES string of the molecule is CN=C(NCCCOc1cccc(OC)c1)NCCc1ccccc1OC.I. The van der Waals surface area contributed by atoms with Crippen molar-refractivity contribution >= 4 is 29.9 Å². The third-order valence-electron chi connectivity index (χ3n) is 4.03. The van der Waals surface area contributed by atoms with Gasteiger partial charge in [-0.05, 0) is 36.6 Å². The van der Waals surface area contributed by atoms with E-state index in [2.05, 4.69) is 21.7 Å². The number of rotatable bonds is 10. The van der Waals surface area contributed by atoms with E-state index in [9.17, 15) is 0 Å². The van der Waals surface area contributed by atoms with E-state index in [1.54, 1.807) is 21.3 Å². The molecule has 0 amide bonds. The average Bonchev–Trinajstić information content (AvgIpc) is 2.72. The molecule has 0 fully saturated rings. The molecule has 28 heavy (non-hydrogen) atoms. The monoisotopic (exact) mass is 499 g/mol. The van der Waals surface area contributed by atoms with Crippen molar-refractivity contribution in [1.82, 2.24) is 10.6 Å². The third-order valence-corrected chi connectivity index (χ3v) is 4.03. The van der Waals surface area contributed by atoms with Crippen LogP contribution < -0.4 is 24.8 Å². The first-order valence-corrected chi connectivity index (χ1v) is 9.10. The zero-order chi connectivity index (χ0) is 19.3. The first kappa shape index (κ1) is 23.9. The summed E-state index contributed by atoms with van der Waals surface area (Å²) in [6.45, 7) is 2.18. The Kier molecular flexibility index (Phi) is 11.9. The molecule has 154 valence electrons. The molecule has 0 saturated heterocycles. The summed E-state index contributed by atoms with van der Waals surface area (Å²) >= 11 is 0. The molecule has 2 aromatic carbocycles. The Hall–Kier alpha value is -2.16. The van der Waals surface area contributed by atoms with Crippen LogP contribution in [0.3, 0.4) is 0 Å². The number of ether oxygens (including phenoxy) is 3. The molecule has 0 atom stereocenters. The standard InChI is InChI=1S/C21H29N3O3.HI/c1-22-21(24-14-12-17-8-4-5-11-20(17)26-3)23-13-7-15-27-19-10-6-9-18(16-19)25-2;/h4-6,8-11,16H,7,12-15H2,1-3H3,(H2,22,23,24);1H. The lowest BCUT2D eigenvalue weighted by molar-refractivity contribution is 0.308. The van der Waals surface area contributed by atoms with Gasteiger partial charge in [0.25, 0.3) is 0 Å². The fraction of sp³-hybridized carbons (Fsp3) is 0.381. The highest BCUT2D eigenvalue weighted by Gasteiger charge is 2.03. The highest BCUT2D eigenvalue weighted by Crippen LogP contribution is 2.19. The first-order valence-electron chi connectivity index (χ1n) is 9.10. The molecule has 0 radical (unpaired) electrons. The maximum absolute atomic E-state index is 5.73. The Morgan fingerprint density at radius 2 is 1.68 bits per heavy atom. The van der Waals surface area contributed by atoms with Crippen molar-refractivity contribution in [2.75, 3.05) is 41.0 Å². The molecule has 0 bridgehead atoms.